The van der Waals surface area contributed by atoms with Crippen molar-refractivity contribution in [3.05, 3.63) is 0 Å². The largest absolute Gasteiger partial charge is 0.386 e. The van der Waals surface area contributed by atoms with Crippen LogP contribution in [-0.2, 0) is 0 Å². The van der Waals surface area contributed by atoms with E-state index in [2.05, 4.69) is 10.3 Å². The minimum Gasteiger partial charge on any atom is -0.386 e. The lowest BCUT2D eigenvalue weighted by Crippen LogP contribution is -2.58. The van der Waals surface area contributed by atoms with Crippen LogP contribution in [0.2, 0.25) is 0 Å². The van der Waals surface area contributed by atoms with Gasteiger partial charge in [0.1, 0.15) is 6.10 Å². The Balaban J connectivity index is 2.28. The van der Waals surface area contributed by atoms with Crippen LogP contribution in [0.1, 0.15) is 26.2 Å². The van der Waals surface area contributed by atoms with Gasteiger partial charge in [-0.15, -0.1) is 0 Å². The van der Waals surface area contributed by atoms with Gasteiger partial charge in [-0.05, 0) is 32.7 Å². The van der Waals surface area contributed by atoms with E-state index < -0.39 is 11.8 Å². The van der Waals surface area contributed by atoms with Crippen molar-refractivity contribution in [2.24, 2.45) is 4.99 Å². The van der Waals surface area contributed by atoms with E-state index in [-0.39, 0.29) is 6.04 Å². The van der Waals surface area contributed by atoms with Crippen LogP contribution in [0.4, 0.5) is 0 Å². The van der Waals surface area contributed by atoms with E-state index in [9.17, 15) is 10.2 Å². The fourth-order valence-electron chi connectivity index (χ4n) is 2.09. The lowest BCUT2D eigenvalue weighted by Gasteiger charge is -2.28. The number of aliphatic hydroxyl groups excluding tert-OH is 1. The van der Waals surface area contributed by atoms with Crippen molar-refractivity contribution in [2.45, 2.75) is 44.1 Å². The van der Waals surface area contributed by atoms with Crippen molar-refractivity contribution in [3.63, 3.8) is 0 Å². The van der Waals surface area contributed by atoms with Crippen molar-refractivity contribution < 1.29 is 10.2 Å². The van der Waals surface area contributed by atoms with Gasteiger partial charge in [-0.25, -0.2) is 0 Å². The predicted octanol–water partition coefficient (Wildman–Crippen LogP) is -0.348. The first-order chi connectivity index (χ1) is 6.14. The van der Waals surface area contributed by atoms with E-state index in [0.717, 1.165) is 31.5 Å². The molecule has 3 N–H and O–H groups in total. The Labute approximate surface area is 77.7 Å². The average Bonchev–Trinajstić information content (AvgIpc) is 2.30. The minimum absolute atomic E-state index is 0.189. The smallest absolute Gasteiger partial charge is 0.183 e. The topological polar surface area (TPSA) is 64.9 Å². The van der Waals surface area contributed by atoms with Crippen LogP contribution in [0, 0.1) is 0 Å². The summed E-state index contributed by atoms with van der Waals surface area (Å²) < 4.78 is 0. The van der Waals surface area contributed by atoms with Crippen molar-refractivity contribution in [2.75, 3.05) is 6.54 Å². The van der Waals surface area contributed by atoms with Gasteiger partial charge < -0.3 is 10.2 Å². The highest BCUT2D eigenvalue weighted by Gasteiger charge is 2.48. The van der Waals surface area contributed by atoms with E-state index in [1.807, 2.05) is 6.92 Å². The molecular weight excluding hydrogens is 168 g/mol. The van der Waals surface area contributed by atoms with Gasteiger partial charge in [0, 0.05) is 0 Å². The van der Waals surface area contributed by atoms with Gasteiger partial charge in [-0.3, -0.25) is 10.3 Å². The summed E-state index contributed by atoms with van der Waals surface area (Å²) in [5.74, 6) is 0. The monoisotopic (exact) mass is 184 g/mol. The molecule has 0 aliphatic carbocycles. The zero-order valence-corrected chi connectivity index (χ0v) is 7.82. The molecule has 1 unspecified atom stereocenters. The average molecular weight is 184 g/mol. The van der Waals surface area contributed by atoms with E-state index in [4.69, 9.17) is 0 Å². The van der Waals surface area contributed by atoms with E-state index in [0.29, 0.717) is 0 Å². The molecule has 4 nitrogen and oxygen atoms in total. The maximum absolute atomic E-state index is 10.1. The summed E-state index contributed by atoms with van der Waals surface area (Å²) in [5.41, 5.74) is -0.513. The molecule has 0 radical (unpaired) electrons. The number of fused-ring (bicyclic) bond motifs is 1. The fraction of sp³-hybridized carbons (Fsp3) is 0.889. The fourth-order valence-corrected chi connectivity index (χ4v) is 2.09. The molecule has 2 aliphatic heterocycles. The van der Waals surface area contributed by atoms with Gasteiger partial charge in [-0.2, -0.15) is 0 Å². The third kappa shape index (κ3) is 1.29. The molecule has 2 aliphatic rings. The highest BCUT2D eigenvalue weighted by atomic mass is 16.4. The Morgan fingerprint density at radius 2 is 2.31 bits per heavy atom. The molecule has 2 heterocycles. The number of aliphatic hydroxyl groups is 2. The maximum atomic E-state index is 10.1. The van der Waals surface area contributed by atoms with Crippen LogP contribution in [0.15, 0.2) is 4.99 Å². The molecule has 13 heavy (non-hydrogen) atoms. The number of nitrogens with zero attached hydrogens (tertiary/aromatic N) is 1. The summed E-state index contributed by atoms with van der Waals surface area (Å²) in [4.78, 5) is 4.28. The number of nitrogens with one attached hydrogen (secondary N) is 1. The molecular formula is C9H16N2O2. The summed E-state index contributed by atoms with van der Waals surface area (Å²) in [6, 6.07) is -0.189. The third-order valence-electron chi connectivity index (χ3n) is 2.92. The van der Waals surface area contributed by atoms with Crippen molar-refractivity contribution in [1.82, 2.24) is 5.32 Å². The van der Waals surface area contributed by atoms with E-state index >= 15 is 0 Å². The second kappa shape index (κ2) is 3.04. The summed E-state index contributed by atoms with van der Waals surface area (Å²) in [7, 11) is 0. The van der Waals surface area contributed by atoms with Gasteiger partial charge in [0.2, 0.25) is 0 Å². The SMILES string of the molecule is CC1N=C2CCCCN[C@@]2(O)[C@H]1O. The lowest BCUT2D eigenvalue weighted by molar-refractivity contribution is -0.0432. The molecule has 0 aromatic rings. The summed E-state index contributed by atoms with van der Waals surface area (Å²) in [5, 5.41) is 22.9. The van der Waals surface area contributed by atoms with Crippen molar-refractivity contribution >= 4 is 5.71 Å². The van der Waals surface area contributed by atoms with E-state index in [1.165, 1.54) is 0 Å². The molecule has 0 bridgehead atoms. The predicted molar refractivity (Wildman–Crippen MR) is 49.7 cm³/mol. The Morgan fingerprint density at radius 3 is 3.08 bits per heavy atom. The first-order valence-electron chi connectivity index (χ1n) is 4.87. The Morgan fingerprint density at radius 1 is 1.54 bits per heavy atom. The molecule has 0 aromatic heterocycles. The second-order valence-electron chi connectivity index (χ2n) is 3.91. The molecule has 74 valence electrons. The molecule has 0 saturated carbocycles. The standard InChI is InChI=1S/C9H16N2O2/c1-6-8(12)9(13)7(11-6)4-2-3-5-10-9/h6,8,10,12-13H,2-5H2,1H3/t6?,8-,9-/m0/s1. The van der Waals surface area contributed by atoms with Gasteiger partial charge in [0.15, 0.2) is 5.72 Å². The quantitative estimate of drug-likeness (QED) is 0.482. The van der Waals surface area contributed by atoms with Crippen LogP contribution >= 0.6 is 0 Å². The summed E-state index contributed by atoms with van der Waals surface area (Å²) in [6.07, 6.45) is 2.07. The Bertz CT molecular complexity index is 242. The van der Waals surface area contributed by atoms with Crippen LogP contribution < -0.4 is 5.32 Å². The van der Waals surface area contributed by atoms with Crippen LogP contribution in [0.25, 0.3) is 0 Å². The molecule has 0 amide bonds. The van der Waals surface area contributed by atoms with Gasteiger partial charge in [-0.1, -0.05) is 0 Å². The molecule has 4 heteroatoms. The summed E-state index contributed by atoms with van der Waals surface area (Å²) >= 11 is 0. The van der Waals surface area contributed by atoms with Crippen LogP contribution in [-0.4, -0.2) is 40.3 Å². The minimum atomic E-state index is -1.24. The first-order valence-corrected chi connectivity index (χ1v) is 4.87. The first kappa shape index (κ1) is 9.12. The Hall–Kier alpha value is -0.450. The third-order valence-corrected chi connectivity index (χ3v) is 2.92. The highest BCUT2D eigenvalue weighted by molar-refractivity contribution is 5.94. The normalized spacial score (nSPS) is 45.3. The molecule has 1 saturated heterocycles. The second-order valence-corrected chi connectivity index (χ2v) is 3.91. The van der Waals surface area contributed by atoms with Gasteiger partial charge in [0.05, 0.1) is 11.8 Å². The highest BCUT2D eigenvalue weighted by Crippen LogP contribution is 2.27. The maximum Gasteiger partial charge on any atom is 0.183 e. The molecule has 0 spiro atoms. The number of aliphatic imine (C=N–C) groups is 1. The summed E-state index contributed by atoms with van der Waals surface area (Å²) in [6.45, 7) is 2.57. The van der Waals surface area contributed by atoms with Crippen molar-refractivity contribution in [1.29, 1.82) is 0 Å². The van der Waals surface area contributed by atoms with Gasteiger partial charge >= 0.3 is 0 Å². The van der Waals surface area contributed by atoms with Crippen molar-refractivity contribution in [3.8, 4) is 0 Å². The molecule has 3 atom stereocenters. The zero-order valence-electron chi connectivity index (χ0n) is 7.82. The molecule has 2 rings (SSSR count). The zero-order chi connectivity index (χ0) is 9.47. The molecule has 1 fully saturated rings. The van der Waals surface area contributed by atoms with Crippen LogP contribution in [0.5, 0.6) is 0 Å². The van der Waals surface area contributed by atoms with Crippen LogP contribution in [0.3, 0.4) is 0 Å². The number of rotatable bonds is 0. The van der Waals surface area contributed by atoms with E-state index in [1.54, 1.807) is 0 Å². The number of hydrogen-bond acceptors (Lipinski definition) is 4. The molecule has 0 aromatic carbocycles. The number of hydrogen-bond donors (Lipinski definition) is 3. The lowest BCUT2D eigenvalue weighted by atomic mass is 9.99. The van der Waals surface area contributed by atoms with Gasteiger partial charge in [0.25, 0.3) is 0 Å². The Kier molecular flexibility index (Phi) is 2.14.